The first kappa shape index (κ1) is 34.1. The molecule has 0 saturated carbocycles. The number of halogens is 1. The van der Waals surface area contributed by atoms with Gasteiger partial charge in [0.2, 0.25) is 0 Å². The van der Waals surface area contributed by atoms with Crippen molar-refractivity contribution in [3.8, 4) is 39.5 Å². The van der Waals surface area contributed by atoms with Gasteiger partial charge in [0.05, 0.1) is 22.4 Å². The van der Waals surface area contributed by atoms with E-state index in [-0.39, 0.29) is 25.9 Å². The van der Waals surface area contributed by atoms with E-state index in [1.165, 1.54) is 12.1 Å². The Balaban J connectivity index is 0.000000169. The Bertz CT molecular complexity index is 2750. The van der Waals surface area contributed by atoms with Crippen molar-refractivity contribution in [2.45, 2.75) is 39.5 Å². The van der Waals surface area contributed by atoms with Crippen LogP contribution < -0.4 is 0 Å². The van der Waals surface area contributed by atoms with E-state index in [9.17, 15) is 4.39 Å². The van der Waals surface area contributed by atoms with E-state index in [0.29, 0.717) is 0 Å². The van der Waals surface area contributed by atoms with Crippen LogP contribution in [0.15, 0.2) is 150 Å². The van der Waals surface area contributed by atoms with Gasteiger partial charge in [-0.2, -0.15) is 0 Å². The summed E-state index contributed by atoms with van der Waals surface area (Å²) in [5.41, 5.74) is 10.5. The zero-order chi connectivity index (χ0) is 38.3. The molecule has 6 aromatic carbocycles. The third kappa shape index (κ3) is 7.03. The standard InChI is InChI=1S/C25H25N2.C23H13FNO.Ir/c1-17(2)20-13-10-14-21(18(3)4)24(20)27-23-16-9-8-15-22(23)26-25(27)19-11-6-5-7-12-19;24-17-11-8-15(9-12-17)16-10-13-21(25-14-16)20-6-3-5-19-18-4-1-2-7-22(18)26-23(19)20;/h5-11,13-18H,1-4H3;1-5,7-14H;/q2*-1;/i17D,18D;;. The number of hydrogen-bond acceptors (Lipinski definition) is 3. The number of rotatable bonds is 6. The maximum absolute atomic E-state index is 13.1. The van der Waals surface area contributed by atoms with Gasteiger partial charge in [-0.3, -0.25) is 4.98 Å². The van der Waals surface area contributed by atoms with E-state index in [4.69, 9.17) is 12.1 Å². The van der Waals surface area contributed by atoms with Gasteiger partial charge in [-0.05, 0) is 70.1 Å². The zero-order valence-corrected chi connectivity index (χ0v) is 32.7. The summed E-state index contributed by atoms with van der Waals surface area (Å²) in [7, 11) is 0. The summed E-state index contributed by atoms with van der Waals surface area (Å²) in [6.07, 6.45) is 1.79. The van der Waals surface area contributed by atoms with Crippen LogP contribution in [-0.2, 0) is 20.1 Å². The summed E-state index contributed by atoms with van der Waals surface area (Å²) in [5.74, 6) is -1.14. The number of aromatic nitrogens is 3. The minimum Gasteiger partial charge on any atom is -0.501 e. The summed E-state index contributed by atoms with van der Waals surface area (Å²) in [5, 5.41) is 2.14. The Morgan fingerprint density at radius 3 is 2.09 bits per heavy atom. The first-order valence-electron chi connectivity index (χ1n) is 18.6. The number of nitrogens with zero attached hydrogens (tertiary/aromatic N) is 3. The summed E-state index contributed by atoms with van der Waals surface area (Å²) in [6, 6.07) is 50.5. The van der Waals surface area contributed by atoms with E-state index in [1.807, 2.05) is 137 Å². The summed E-state index contributed by atoms with van der Waals surface area (Å²) < 4.78 is 38.9. The molecule has 54 heavy (non-hydrogen) atoms. The van der Waals surface area contributed by atoms with Gasteiger partial charge in [0.25, 0.3) is 0 Å². The number of fused-ring (bicyclic) bond motifs is 4. The predicted molar refractivity (Wildman–Crippen MR) is 215 cm³/mol. The number of pyridine rings is 1. The topological polar surface area (TPSA) is 43.9 Å². The van der Waals surface area contributed by atoms with Gasteiger partial charge in [0, 0.05) is 40.1 Å². The molecule has 9 aromatic rings. The first-order valence-corrected chi connectivity index (χ1v) is 17.6. The van der Waals surface area contributed by atoms with Crippen LogP contribution in [-0.4, -0.2) is 14.5 Å². The minimum atomic E-state index is -0.834. The molecule has 0 atom stereocenters. The van der Waals surface area contributed by atoms with Crippen LogP contribution >= 0.6 is 0 Å². The molecule has 0 amide bonds. The monoisotopic (exact) mass is 886 g/mol. The van der Waals surface area contributed by atoms with E-state index in [1.54, 1.807) is 18.3 Å². The molecule has 0 fully saturated rings. The third-order valence-electron chi connectivity index (χ3n) is 9.38. The van der Waals surface area contributed by atoms with Gasteiger partial charge < -0.3 is 14.0 Å². The molecular formula is C48H38FIrN3O-2. The van der Waals surface area contributed by atoms with Crippen molar-refractivity contribution < 1.29 is 31.7 Å². The maximum Gasteiger partial charge on any atom is 0.123 e. The number of imidazole rings is 1. The molecule has 269 valence electrons. The van der Waals surface area contributed by atoms with E-state index in [0.717, 1.165) is 83.6 Å². The predicted octanol–water partition coefficient (Wildman–Crippen LogP) is 13.0. The van der Waals surface area contributed by atoms with E-state index in [2.05, 4.69) is 27.8 Å². The average molecular weight is 886 g/mol. The van der Waals surface area contributed by atoms with Crippen LogP contribution in [0.25, 0.3) is 72.4 Å². The number of para-hydroxylation sites is 4. The largest absolute Gasteiger partial charge is 0.501 e. The average Bonchev–Trinajstić information content (AvgIpc) is 3.77. The summed E-state index contributed by atoms with van der Waals surface area (Å²) >= 11 is 0. The molecule has 0 unspecified atom stereocenters. The van der Waals surface area contributed by atoms with Gasteiger partial charge in [-0.25, -0.2) is 4.39 Å². The van der Waals surface area contributed by atoms with Gasteiger partial charge in [0.15, 0.2) is 0 Å². The van der Waals surface area contributed by atoms with Crippen LogP contribution in [0.2, 0.25) is 0 Å². The number of furan rings is 1. The molecule has 0 aliphatic rings. The summed E-state index contributed by atoms with van der Waals surface area (Å²) in [4.78, 5) is 9.50. The van der Waals surface area contributed by atoms with Crippen LogP contribution in [0.5, 0.6) is 0 Å². The fraction of sp³-hybridized carbons (Fsp3) is 0.125. The van der Waals surface area contributed by atoms with Crippen LogP contribution in [0.4, 0.5) is 4.39 Å². The van der Waals surface area contributed by atoms with Crippen molar-refractivity contribution in [2.75, 3.05) is 0 Å². The molecule has 0 N–H and O–H groups in total. The Morgan fingerprint density at radius 1 is 0.685 bits per heavy atom. The molecular weight excluding hydrogens is 846 g/mol. The Kier molecular flexibility index (Phi) is 9.94. The van der Waals surface area contributed by atoms with Crippen molar-refractivity contribution in [1.82, 2.24) is 14.5 Å². The van der Waals surface area contributed by atoms with Crippen molar-refractivity contribution in [1.29, 1.82) is 0 Å². The maximum atomic E-state index is 13.1. The Labute approximate surface area is 331 Å². The third-order valence-corrected chi connectivity index (χ3v) is 9.38. The second-order valence-electron chi connectivity index (χ2n) is 13.4. The van der Waals surface area contributed by atoms with Crippen LogP contribution in [0.1, 0.15) is 53.4 Å². The minimum absolute atomic E-state index is 0. The fourth-order valence-corrected chi connectivity index (χ4v) is 6.79. The van der Waals surface area contributed by atoms with Gasteiger partial charge >= 0.3 is 0 Å². The van der Waals surface area contributed by atoms with Crippen LogP contribution in [0, 0.1) is 17.9 Å². The molecule has 0 aliphatic carbocycles. The van der Waals surface area contributed by atoms with Crippen LogP contribution in [0.3, 0.4) is 0 Å². The SMILES string of the molecule is Fc1ccc(-c2ccc(-c3[c-]ccc4c3oc3ccccc34)nc2)cc1.[2H]C(C)(C)c1cccc(C([2H])(C)C)c1-n1c(-c2[c-]cccc2)nc2ccccc21.[Ir]. The molecule has 3 aromatic heterocycles. The van der Waals surface area contributed by atoms with Crippen molar-refractivity contribution in [3.63, 3.8) is 0 Å². The summed E-state index contributed by atoms with van der Waals surface area (Å²) in [6.45, 7) is 7.56. The van der Waals surface area contributed by atoms with Gasteiger partial charge in [-0.15, -0.1) is 54.1 Å². The first-order chi connectivity index (χ1) is 26.5. The quantitative estimate of drug-likeness (QED) is 0.156. The molecule has 4 nitrogen and oxygen atoms in total. The zero-order valence-electron chi connectivity index (χ0n) is 32.3. The van der Waals surface area contributed by atoms with Gasteiger partial charge in [-0.1, -0.05) is 111 Å². The van der Waals surface area contributed by atoms with Crippen molar-refractivity contribution in [3.05, 3.63) is 175 Å². The second-order valence-corrected chi connectivity index (χ2v) is 13.4. The van der Waals surface area contributed by atoms with E-state index >= 15 is 0 Å². The Hall–Kier alpha value is -5.68. The number of hydrogen-bond donors (Lipinski definition) is 0. The molecule has 0 bridgehead atoms. The normalized spacial score (nSPS) is 12.2. The van der Waals surface area contributed by atoms with Gasteiger partial charge in [0.1, 0.15) is 11.4 Å². The molecule has 0 aliphatic heterocycles. The molecule has 0 saturated heterocycles. The van der Waals surface area contributed by atoms with Crippen molar-refractivity contribution >= 4 is 33.0 Å². The molecule has 0 spiro atoms. The molecule has 9 rings (SSSR count). The molecule has 1 radical (unpaired) electrons. The molecule has 6 heteroatoms. The second kappa shape index (κ2) is 15.7. The fourth-order valence-electron chi connectivity index (χ4n) is 6.79. The number of benzene rings is 6. The van der Waals surface area contributed by atoms with E-state index < -0.39 is 11.8 Å². The van der Waals surface area contributed by atoms with Crippen molar-refractivity contribution in [2.24, 2.45) is 0 Å². The smallest absolute Gasteiger partial charge is 0.123 e. The Morgan fingerprint density at radius 2 is 1.39 bits per heavy atom. The molecule has 3 heterocycles.